The fourth-order valence-electron chi connectivity index (χ4n) is 2.40. The van der Waals surface area contributed by atoms with Gasteiger partial charge in [-0.05, 0) is 32.4 Å². The highest BCUT2D eigenvalue weighted by atomic mass is 32.2. The summed E-state index contributed by atoms with van der Waals surface area (Å²) < 4.78 is 23.3. The minimum atomic E-state index is -2.83. The van der Waals surface area contributed by atoms with Gasteiger partial charge in [-0.3, -0.25) is 4.90 Å². The van der Waals surface area contributed by atoms with Crippen LogP contribution >= 0.6 is 0 Å². The fraction of sp³-hybridized carbons (Fsp3) is 1.00. The van der Waals surface area contributed by atoms with E-state index in [0.717, 1.165) is 52.1 Å². The standard InChI is InChI=1S/C13H29N3O2S/c1-2-12-19(17,18)13-11-16-9-7-15(8-10-16)6-4-3-5-14/h2-14H2,1H3. The van der Waals surface area contributed by atoms with E-state index in [-0.39, 0.29) is 0 Å². The Morgan fingerprint density at radius 1 is 0.947 bits per heavy atom. The molecule has 5 nitrogen and oxygen atoms in total. The molecule has 0 amide bonds. The Labute approximate surface area is 118 Å². The van der Waals surface area contributed by atoms with E-state index < -0.39 is 9.84 Å². The average molecular weight is 291 g/mol. The van der Waals surface area contributed by atoms with Gasteiger partial charge in [0.1, 0.15) is 0 Å². The van der Waals surface area contributed by atoms with Gasteiger partial charge in [-0.2, -0.15) is 0 Å². The van der Waals surface area contributed by atoms with E-state index in [0.29, 0.717) is 18.1 Å². The Kier molecular flexibility index (Phi) is 7.90. The van der Waals surface area contributed by atoms with Crippen LogP contribution in [0.4, 0.5) is 0 Å². The second-order valence-electron chi connectivity index (χ2n) is 5.33. The van der Waals surface area contributed by atoms with Crippen LogP contribution in [-0.4, -0.2) is 75.5 Å². The van der Waals surface area contributed by atoms with Crippen molar-refractivity contribution in [3.05, 3.63) is 0 Å². The summed E-state index contributed by atoms with van der Waals surface area (Å²) in [6.45, 7) is 8.59. The van der Waals surface area contributed by atoms with E-state index in [1.165, 1.54) is 6.42 Å². The lowest BCUT2D eigenvalue weighted by molar-refractivity contribution is 0.136. The van der Waals surface area contributed by atoms with Gasteiger partial charge in [0.15, 0.2) is 9.84 Å². The maximum atomic E-state index is 11.7. The Morgan fingerprint density at radius 2 is 1.53 bits per heavy atom. The molecule has 0 bridgehead atoms. The Balaban J connectivity index is 2.16. The van der Waals surface area contributed by atoms with Crippen molar-refractivity contribution in [2.45, 2.75) is 26.2 Å². The monoisotopic (exact) mass is 291 g/mol. The lowest BCUT2D eigenvalue weighted by Gasteiger charge is -2.34. The number of hydrogen-bond acceptors (Lipinski definition) is 5. The van der Waals surface area contributed by atoms with Crippen molar-refractivity contribution in [3.63, 3.8) is 0 Å². The number of rotatable bonds is 9. The van der Waals surface area contributed by atoms with Crippen LogP contribution in [0.15, 0.2) is 0 Å². The minimum absolute atomic E-state index is 0.314. The first-order valence-electron chi connectivity index (χ1n) is 7.42. The molecule has 0 aliphatic carbocycles. The summed E-state index contributed by atoms with van der Waals surface area (Å²) in [4.78, 5) is 4.72. The normalized spacial score (nSPS) is 18.8. The molecule has 1 saturated heterocycles. The van der Waals surface area contributed by atoms with E-state index in [1.807, 2.05) is 6.92 Å². The number of nitrogens with two attached hydrogens (primary N) is 1. The molecule has 0 atom stereocenters. The molecule has 0 aromatic rings. The van der Waals surface area contributed by atoms with Crippen molar-refractivity contribution < 1.29 is 8.42 Å². The van der Waals surface area contributed by atoms with Crippen LogP contribution in [0, 0.1) is 0 Å². The first kappa shape index (κ1) is 16.9. The van der Waals surface area contributed by atoms with Crippen molar-refractivity contribution in [1.82, 2.24) is 9.80 Å². The molecule has 1 rings (SSSR count). The summed E-state index contributed by atoms with van der Waals surface area (Å²) in [5.74, 6) is 0.639. The third kappa shape index (κ3) is 7.25. The van der Waals surface area contributed by atoms with E-state index in [1.54, 1.807) is 0 Å². The van der Waals surface area contributed by atoms with Gasteiger partial charge in [0, 0.05) is 38.5 Å². The van der Waals surface area contributed by atoms with Crippen molar-refractivity contribution in [3.8, 4) is 0 Å². The van der Waals surface area contributed by atoms with Crippen molar-refractivity contribution >= 4 is 9.84 Å². The topological polar surface area (TPSA) is 66.6 Å². The third-order valence-corrected chi connectivity index (χ3v) is 5.46. The van der Waals surface area contributed by atoms with Crippen LogP contribution in [0.25, 0.3) is 0 Å². The van der Waals surface area contributed by atoms with Gasteiger partial charge < -0.3 is 10.6 Å². The molecule has 114 valence electrons. The summed E-state index contributed by atoms with van der Waals surface area (Å²) >= 11 is 0. The largest absolute Gasteiger partial charge is 0.330 e. The molecule has 0 unspecified atom stereocenters. The van der Waals surface area contributed by atoms with Crippen molar-refractivity contribution in [2.24, 2.45) is 5.73 Å². The summed E-state index contributed by atoms with van der Waals surface area (Å²) in [7, 11) is -2.83. The molecule has 0 spiro atoms. The molecule has 1 fully saturated rings. The molecule has 0 aromatic heterocycles. The predicted octanol–water partition coefficient (Wildman–Crippen LogP) is 0.168. The zero-order valence-electron chi connectivity index (χ0n) is 12.2. The highest BCUT2D eigenvalue weighted by molar-refractivity contribution is 7.91. The number of unbranched alkanes of at least 4 members (excludes halogenated alkanes) is 1. The molecular weight excluding hydrogens is 262 g/mol. The molecule has 0 aromatic carbocycles. The van der Waals surface area contributed by atoms with E-state index >= 15 is 0 Å². The summed E-state index contributed by atoms with van der Waals surface area (Å²) in [5.41, 5.74) is 5.49. The maximum absolute atomic E-state index is 11.7. The molecule has 0 saturated carbocycles. The summed E-state index contributed by atoms with van der Waals surface area (Å²) in [6, 6.07) is 0. The van der Waals surface area contributed by atoms with Gasteiger partial charge in [-0.25, -0.2) is 8.42 Å². The highest BCUT2D eigenvalue weighted by Gasteiger charge is 2.18. The third-order valence-electron chi connectivity index (χ3n) is 3.63. The molecular formula is C13H29N3O2S. The van der Waals surface area contributed by atoms with Crippen LogP contribution < -0.4 is 5.73 Å². The molecule has 2 N–H and O–H groups in total. The van der Waals surface area contributed by atoms with Crippen molar-refractivity contribution in [2.75, 3.05) is 57.3 Å². The molecule has 6 heteroatoms. The van der Waals surface area contributed by atoms with Gasteiger partial charge >= 0.3 is 0 Å². The van der Waals surface area contributed by atoms with Crippen LogP contribution in [0.2, 0.25) is 0 Å². The maximum Gasteiger partial charge on any atom is 0.151 e. The number of piperazine rings is 1. The van der Waals surface area contributed by atoms with Gasteiger partial charge in [-0.15, -0.1) is 0 Å². The first-order valence-corrected chi connectivity index (χ1v) is 9.24. The van der Waals surface area contributed by atoms with Crippen LogP contribution in [0.1, 0.15) is 26.2 Å². The zero-order chi connectivity index (χ0) is 14.1. The number of sulfone groups is 1. The second kappa shape index (κ2) is 8.89. The predicted molar refractivity (Wildman–Crippen MR) is 80.1 cm³/mol. The molecule has 1 aliphatic rings. The lowest BCUT2D eigenvalue weighted by Crippen LogP contribution is -2.47. The minimum Gasteiger partial charge on any atom is -0.330 e. The average Bonchev–Trinajstić information content (AvgIpc) is 2.38. The smallest absolute Gasteiger partial charge is 0.151 e. The first-order chi connectivity index (χ1) is 9.07. The van der Waals surface area contributed by atoms with Crippen LogP contribution in [-0.2, 0) is 9.84 Å². The highest BCUT2D eigenvalue weighted by Crippen LogP contribution is 2.04. The Bertz CT molecular complexity index is 325. The Hall–Kier alpha value is -0.170. The molecule has 0 radical (unpaired) electrons. The fourth-order valence-corrected chi connectivity index (χ4v) is 3.76. The van der Waals surface area contributed by atoms with E-state index in [4.69, 9.17) is 5.73 Å². The van der Waals surface area contributed by atoms with Crippen molar-refractivity contribution in [1.29, 1.82) is 0 Å². The molecule has 1 heterocycles. The van der Waals surface area contributed by atoms with Gasteiger partial charge in [0.05, 0.1) is 5.75 Å². The van der Waals surface area contributed by atoms with E-state index in [2.05, 4.69) is 9.80 Å². The van der Waals surface area contributed by atoms with E-state index in [9.17, 15) is 8.42 Å². The lowest BCUT2D eigenvalue weighted by atomic mass is 10.2. The van der Waals surface area contributed by atoms with Crippen LogP contribution in [0.3, 0.4) is 0 Å². The quantitative estimate of drug-likeness (QED) is 0.613. The van der Waals surface area contributed by atoms with Gasteiger partial charge in [0.2, 0.25) is 0 Å². The van der Waals surface area contributed by atoms with Gasteiger partial charge in [0.25, 0.3) is 0 Å². The number of nitrogens with zero attached hydrogens (tertiary/aromatic N) is 2. The van der Waals surface area contributed by atoms with Gasteiger partial charge in [-0.1, -0.05) is 6.92 Å². The second-order valence-corrected chi connectivity index (χ2v) is 7.63. The summed E-state index contributed by atoms with van der Waals surface area (Å²) in [5, 5.41) is 0. The Morgan fingerprint density at radius 3 is 2.05 bits per heavy atom. The SMILES string of the molecule is CCCS(=O)(=O)CCN1CCN(CCCCN)CC1. The zero-order valence-corrected chi connectivity index (χ0v) is 13.0. The molecule has 19 heavy (non-hydrogen) atoms. The van der Waals surface area contributed by atoms with Crippen LogP contribution in [0.5, 0.6) is 0 Å². The molecule has 1 aliphatic heterocycles. The summed E-state index contributed by atoms with van der Waals surface area (Å²) in [6.07, 6.45) is 2.98. The number of hydrogen-bond donors (Lipinski definition) is 1.